The first kappa shape index (κ1) is 24.0. The molecule has 0 saturated carbocycles. The largest absolute Gasteiger partial charge is 0.435 e. The summed E-state index contributed by atoms with van der Waals surface area (Å²) in [7, 11) is -3.94. The molecule has 3 N–H and O–H groups in total. The van der Waals surface area contributed by atoms with Gasteiger partial charge in [-0.3, -0.25) is 14.6 Å². The summed E-state index contributed by atoms with van der Waals surface area (Å²) >= 11 is 5.64. The summed E-state index contributed by atoms with van der Waals surface area (Å²) in [4.78, 5) is 12.5. The molecule has 0 fully saturated rings. The number of ether oxygens (including phenoxy) is 1. The van der Waals surface area contributed by atoms with E-state index in [1.807, 2.05) is 0 Å². The third kappa shape index (κ3) is 6.07. The van der Waals surface area contributed by atoms with Crippen molar-refractivity contribution < 1.29 is 26.7 Å². The standard InChI is InChI=1S/C21H15ClF2N6O4S/c22-18-9-10-19(29-28-18)30-35(32,33)15-7-3-13(4-8-15)25-20(31)17-11-16(26-27-17)12-1-5-14(6-2-12)34-21(23)24/h1-11,21H,(H,25,31)(H,26,27)(H,29,30). The number of carbonyl (C=O) groups excluding carboxylic acids is 1. The molecule has 4 aromatic rings. The van der Waals surface area contributed by atoms with E-state index in [0.29, 0.717) is 16.9 Å². The molecule has 10 nitrogen and oxygen atoms in total. The van der Waals surface area contributed by atoms with Crippen molar-refractivity contribution in [2.45, 2.75) is 11.5 Å². The zero-order valence-corrected chi connectivity index (χ0v) is 19.0. The zero-order valence-electron chi connectivity index (χ0n) is 17.4. The summed E-state index contributed by atoms with van der Waals surface area (Å²) in [5, 5.41) is 16.6. The molecular weight excluding hydrogens is 506 g/mol. The van der Waals surface area contributed by atoms with Gasteiger partial charge in [0.15, 0.2) is 11.0 Å². The van der Waals surface area contributed by atoms with Gasteiger partial charge < -0.3 is 10.1 Å². The molecule has 1 amide bonds. The molecule has 35 heavy (non-hydrogen) atoms. The Morgan fingerprint density at radius 1 is 1.00 bits per heavy atom. The van der Waals surface area contributed by atoms with Crippen LogP contribution in [0.1, 0.15) is 10.5 Å². The van der Waals surface area contributed by atoms with E-state index >= 15 is 0 Å². The zero-order chi connectivity index (χ0) is 25.0. The van der Waals surface area contributed by atoms with Crippen LogP contribution in [0.15, 0.2) is 71.6 Å². The van der Waals surface area contributed by atoms with Gasteiger partial charge in [-0.05, 0) is 66.7 Å². The Morgan fingerprint density at radius 2 is 1.71 bits per heavy atom. The van der Waals surface area contributed by atoms with E-state index in [2.05, 4.69) is 35.2 Å². The average Bonchev–Trinajstić information content (AvgIpc) is 3.31. The van der Waals surface area contributed by atoms with Gasteiger partial charge in [-0.15, -0.1) is 10.2 Å². The highest BCUT2D eigenvalue weighted by Gasteiger charge is 2.16. The molecule has 14 heteroatoms. The van der Waals surface area contributed by atoms with Crippen LogP contribution < -0.4 is 14.8 Å². The van der Waals surface area contributed by atoms with E-state index in [0.717, 1.165) is 0 Å². The third-order valence-electron chi connectivity index (χ3n) is 4.49. The van der Waals surface area contributed by atoms with Gasteiger partial charge in [0.05, 0.1) is 10.6 Å². The van der Waals surface area contributed by atoms with Crippen LogP contribution in [0.4, 0.5) is 20.3 Å². The van der Waals surface area contributed by atoms with Crippen LogP contribution in [0.25, 0.3) is 11.3 Å². The van der Waals surface area contributed by atoms with Crippen molar-refractivity contribution in [2.75, 3.05) is 10.0 Å². The van der Waals surface area contributed by atoms with E-state index < -0.39 is 22.5 Å². The van der Waals surface area contributed by atoms with Crippen LogP contribution in [0, 0.1) is 0 Å². The maximum Gasteiger partial charge on any atom is 0.387 e. The fraction of sp³-hybridized carbons (Fsp3) is 0.0476. The predicted molar refractivity (Wildman–Crippen MR) is 123 cm³/mol. The van der Waals surface area contributed by atoms with Crippen LogP contribution >= 0.6 is 11.6 Å². The predicted octanol–water partition coefficient (Wildman–Crippen LogP) is 4.17. The van der Waals surface area contributed by atoms with Crippen LogP contribution in [0.5, 0.6) is 5.75 Å². The molecule has 2 aromatic carbocycles. The molecule has 0 aliphatic carbocycles. The van der Waals surface area contributed by atoms with Crippen molar-refractivity contribution in [1.82, 2.24) is 20.4 Å². The first-order valence-corrected chi connectivity index (χ1v) is 11.6. The number of nitrogens with one attached hydrogen (secondary N) is 3. The maximum absolute atomic E-state index is 12.5. The van der Waals surface area contributed by atoms with Crippen molar-refractivity contribution in [2.24, 2.45) is 0 Å². The Balaban J connectivity index is 1.40. The van der Waals surface area contributed by atoms with Crippen LogP contribution in [0.3, 0.4) is 0 Å². The van der Waals surface area contributed by atoms with Crippen molar-refractivity contribution in [3.63, 3.8) is 0 Å². The number of aromatic nitrogens is 4. The van der Waals surface area contributed by atoms with E-state index in [1.165, 1.54) is 66.7 Å². The minimum atomic E-state index is -3.94. The summed E-state index contributed by atoms with van der Waals surface area (Å²) in [6.07, 6.45) is 0. The van der Waals surface area contributed by atoms with Gasteiger partial charge in [0.25, 0.3) is 15.9 Å². The molecule has 4 rings (SSSR count). The molecule has 2 heterocycles. The van der Waals surface area contributed by atoms with Gasteiger partial charge in [0.1, 0.15) is 11.4 Å². The molecule has 2 aromatic heterocycles. The Labute approximate surface area is 202 Å². The van der Waals surface area contributed by atoms with Crippen molar-refractivity contribution in [3.05, 3.63) is 77.6 Å². The second-order valence-corrected chi connectivity index (χ2v) is 8.96. The highest BCUT2D eigenvalue weighted by molar-refractivity contribution is 7.92. The van der Waals surface area contributed by atoms with E-state index in [4.69, 9.17) is 11.6 Å². The number of carbonyl (C=O) groups is 1. The van der Waals surface area contributed by atoms with Gasteiger partial charge in [0.2, 0.25) is 0 Å². The van der Waals surface area contributed by atoms with Gasteiger partial charge in [0, 0.05) is 11.3 Å². The number of alkyl halides is 2. The van der Waals surface area contributed by atoms with Gasteiger partial charge in [-0.1, -0.05) is 11.6 Å². The maximum atomic E-state index is 12.5. The number of rotatable bonds is 8. The second kappa shape index (κ2) is 10.0. The lowest BCUT2D eigenvalue weighted by Crippen LogP contribution is -2.15. The van der Waals surface area contributed by atoms with E-state index in [9.17, 15) is 22.0 Å². The van der Waals surface area contributed by atoms with Crippen LogP contribution in [0.2, 0.25) is 5.15 Å². The number of hydrogen-bond acceptors (Lipinski definition) is 7. The lowest BCUT2D eigenvalue weighted by atomic mass is 10.1. The van der Waals surface area contributed by atoms with Crippen molar-refractivity contribution in [1.29, 1.82) is 0 Å². The first-order valence-electron chi connectivity index (χ1n) is 9.74. The number of amides is 1. The molecule has 0 atom stereocenters. The van der Waals surface area contributed by atoms with Gasteiger partial charge >= 0.3 is 6.61 Å². The molecule has 0 radical (unpaired) electrons. The average molecular weight is 521 g/mol. The lowest BCUT2D eigenvalue weighted by Gasteiger charge is -2.08. The lowest BCUT2D eigenvalue weighted by molar-refractivity contribution is -0.0498. The number of hydrogen-bond donors (Lipinski definition) is 3. The second-order valence-electron chi connectivity index (χ2n) is 6.90. The Hall–Kier alpha value is -4.10. The molecule has 0 unspecified atom stereocenters. The van der Waals surface area contributed by atoms with Crippen LogP contribution in [-0.2, 0) is 10.0 Å². The monoisotopic (exact) mass is 520 g/mol. The van der Waals surface area contributed by atoms with Crippen LogP contribution in [-0.4, -0.2) is 41.3 Å². The minimum Gasteiger partial charge on any atom is -0.435 e. The molecule has 0 aliphatic heterocycles. The van der Waals surface area contributed by atoms with Crippen molar-refractivity contribution in [3.8, 4) is 17.0 Å². The summed E-state index contributed by atoms with van der Waals surface area (Å²) in [5.41, 5.74) is 1.46. The smallest absolute Gasteiger partial charge is 0.387 e. The van der Waals surface area contributed by atoms with E-state index in [1.54, 1.807) is 0 Å². The molecule has 180 valence electrons. The fourth-order valence-electron chi connectivity index (χ4n) is 2.88. The highest BCUT2D eigenvalue weighted by atomic mass is 35.5. The molecule has 0 aliphatic rings. The number of halogens is 3. The number of sulfonamides is 1. The number of nitrogens with zero attached hydrogens (tertiary/aromatic N) is 3. The minimum absolute atomic E-state index is 0.000918. The summed E-state index contributed by atoms with van der Waals surface area (Å²) in [5.74, 6) is -0.524. The van der Waals surface area contributed by atoms with Gasteiger partial charge in [-0.25, -0.2) is 8.42 Å². The SMILES string of the molecule is O=C(Nc1ccc(S(=O)(=O)Nc2ccc(Cl)nn2)cc1)c1cc(-c2ccc(OC(F)F)cc2)n[nH]1. The van der Waals surface area contributed by atoms with Crippen molar-refractivity contribution >= 4 is 39.0 Å². The normalized spacial score (nSPS) is 11.3. The molecular formula is C21H15ClF2N6O4S. The molecule has 0 spiro atoms. The Morgan fingerprint density at radius 3 is 2.34 bits per heavy atom. The highest BCUT2D eigenvalue weighted by Crippen LogP contribution is 2.23. The topological polar surface area (TPSA) is 139 Å². The molecule has 0 bridgehead atoms. The Bertz CT molecular complexity index is 1430. The number of anilines is 2. The van der Waals surface area contributed by atoms with E-state index in [-0.39, 0.29) is 27.3 Å². The molecule has 0 saturated heterocycles. The summed E-state index contributed by atoms with van der Waals surface area (Å²) < 4.78 is 56.1. The summed E-state index contributed by atoms with van der Waals surface area (Å²) in [6, 6.07) is 15.5. The quantitative estimate of drug-likeness (QED) is 0.317. The first-order chi connectivity index (χ1) is 16.7. The Kier molecular flexibility index (Phi) is 6.89. The third-order valence-corrected chi connectivity index (χ3v) is 6.06. The number of H-pyrrole nitrogens is 1. The number of aromatic amines is 1. The van der Waals surface area contributed by atoms with Gasteiger partial charge in [-0.2, -0.15) is 13.9 Å². The fourth-order valence-corrected chi connectivity index (χ4v) is 3.97. The summed E-state index contributed by atoms with van der Waals surface area (Å²) in [6.45, 7) is -2.93. The number of benzene rings is 2.